The second kappa shape index (κ2) is 8.33. The van der Waals surface area contributed by atoms with Crippen molar-refractivity contribution < 1.29 is 31.9 Å². The Hall–Kier alpha value is -3.37. The Morgan fingerprint density at radius 1 is 1.07 bits per heavy atom. The molecule has 3 N–H and O–H groups in total. The van der Waals surface area contributed by atoms with Gasteiger partial charge >= 0.3 is 5.97 Å². The molecule has 0 aliphatic carbocycles. The number of carboxylic acids is 1. The Kier molecular flexibility index (Phi) is 5.85. The van der Waals surface area contributed by atoms with E-state index >= 15 is 0 Å². The van der Waals surface area contributed by atoms with Crippen LogP contribution in [0.15, 0.2) is 62.5 Å². The average molecular weight is 418 g/mol. The number of furan rings is 2. The van der Waals surface area contributed by atoms with Crippen LogP contribution in [0.1, 0.15) is 38.0 Å². The number of hydrogen-bond donors (Lipinski definition) is 3. The van der Waals surface area contributed by atoms with Crippen LogP contribution in [0, 0.1) is 6.92 Å². The van der Waals surface area contributed by atoms with E-state index in [1.165, 1.54) is 43.5 Å². The number of carboxylic acid groups (broad SMARTS) is 1. The lowest BCUT2D eigenvalue weighted by molar-refractivity contribution is 0.0694. The van der Waals surface area contributed by atoms with E-state index in [4.69, 9.17) is 13.9 Å². The molecule has 29 heavy (non-hydrogen) atoms. The fourth-order valence-electron chi connectivity index (χ4n) is 2.56. The van der Waals surface area contributed by atoms with Crippen molar-refractivity contribution in [1.29, 1.82) is 0 Å². The summed E-state index contributed by atoms with van der Waals surface area (Å²) in [5.41, 5.74) is 0.280. The van der Waals surface area contributed by atoms with Gasteiger partial charge in [-0.1, -0.05) is 0 Å². The smallest absolute Gasteiger partial charge is 0.339 e. The van der Waals surface area contributed by atoms with Crippen LogP contribution in [-0.4, -0.2) is 25.4 Å². The summed E-state index contributed by atoms with van der Waals surface area (Å²) in [6.07, 6.45) is 1.45. The Balaban J connectivity index is 1.61. The first-order chi connectivity index (χ1) is 13.8. The minimum absolute atomic E-state index is 0.00228. The quantitative estimate of drug-likeness (QED) is 0.510. The lowest BCUT2D eigenvalue weighted by Crippen LogP contribution is -2.24. The third-order valence-corrected chi connectivity index (χ3v) is 5.48. The normalized spacial score (nSPS) is 11.3. The van der Waals surface area contributed by atoms with Gasteiger partial charge in [-0.15, -0.1) is 0 Å². The summed E-state index contributed by atoms with van der Waals surface area (Å²) in [6.45, 7) is 1.53. The highest BCUT2D eigenvalue weighted by atomic mass is 32.2. The fourth-order valence-corrected chi connectivity index (χ4v) is 3.55. The van der Waals surface area contributed by atoms with E-state index in [9.17, 15) is 18.0 Å². The maximum absolute atomic E-state index is 12.3. The number of nitrogens with one attached hydrogen (secondary N) is 2. The van der Waals surface area contributed by atoms with Crippen LogP contribution in [0.5, 0.6) is 0 Å². The molecule has 3 aromatic rings. The first-order valence-corrected chi connectivity index (χ1v) is 9.97. The largest absolute Gasteiger partial charge is 0.478 e. The predicted molar refractivity (Wildman–Crippen MR) is 101 cm³/mol. The highest BCUT2D eigenvalue weighted by Gasteiger charge is 2.17. The summed E-state index contributed by atoms with van der Waals surface area (Å²) in [5.74, 6) is -0.540. The van der Waals surface area contributed by atoms with E-state index in [1.807, 2.05) is 0 Å². The van der Waals surface area contributed by atoms with Gasteiger partial charge in [-0.25, -0.2) is 17.9 Å². The van der Waals surface area contributed by atoms with Gasteiger partial charge < -0.3 is 19.3 Å². The van der Waals surface area contributed by atoms with Crippen molar-refractivity contribution in [3.8, 4) is 0 Å². The molecule has 0 saturated carbocycles. The number of amides is 1. The molecule has 1 amide bonds. The third-order valence-electron chi connectivity index (χ3n) is 4.07. The second-order valence-electron chi connectivity index (χ2n) is 6.10. The van der Waals surface area contributed by atoms with Gasteiger partial charge in [0.05, 0.1) is 24.2 Å². The monoisotopic (exact) mass is 418 g/mol. The van der Waals surface area contributed by atoms with E-state index in [-0.39, 0.29) is 34.9 Å². The molecule has 0 bridgehead atoms. The van der Waals surface area contributed by atoms with Gasteiger partial charge in [-0.05, 0) is 49.4 Å². The third kappa shape index (κ3) is 4.92. The average Bonchev–Trinajstić information content (AvgIpc) is 3.34. The topological polar surface area (TPSA) is 139 Å². The zero-order valence-electron chi connectivity index (χ0n) is 15.3. The van der Waals surface area contributed by atoms with Gasteiger partial charge in [0.25, 0.3) is 5.91 Å². The molecule has 0 radical (unpaired) electrons. The maximum Gasteiger partial charge on any atom is 0.339 e. The first-order valence-electron chi connectivity index (χ1n) is 8.49. The van der Waals surface area contributed by atoms with E-state index in [2.05, 4.69) is 10.0 Å². The molecule has 0 saturated heterocycles. The molecule has 0 unspecified atom stereocenters. The Bertz CT molecular complexity index is 1110. The van der Waals surface area contributed by atoms with Crippen LogP contribution < -0.4 is 10.0 Å². The van der Waals surface area contributed by atoms with Crippen molar-refractivity contribution in [2.24, 2.45) is 0 Å². The van der Waals surface area contributed by atoms with Crippen molar-refractivity contribution >= 4 is 21.9 Å². The van der Waals surface area contributed by atoms with Crippen LogP contribution in [0.4, 0.5) is 0 Å². The van der Waals surface area contributed by atoms with Gasteiger partial charge in [-0.3, -0.25) is 4.79 Å². The molecule has 0 spiro atoms. The molecule has 9 nitrogen and oxygen atoms in total. The molecule has 152 valence electrons. The Labute approximate surface area is 166 Å². The number of sulfonamides is 1. The summed E-state index contributed by atoms with van der Waals surface area (Å²) >= 11 is 0. The van der Waals surface area contributed by atoms with Crippen molar-refractivity contribution in [2.75, 3.05) is 0 Å². The van der Waals surface area contributed by atoms with Gasteiger partial charge in [0.2, 0.25) is 10.0 Å². The molecule has 0 fully saturated rings. The number of rotatable bonds is 8. The SMILES string of the molecule is Cc1oc(CNC(=O)c2ccc(S(=O)(=O)NCc3ccco3)cc2)cc1C(=O)O. The van der Waals surface area contributed by atoms with E-state index in [0.717, 1.165) is 0 Å². The molecule has 0 aliphatic rings. The van der Waals surface area contributed by atoms with Gasteiger partial charge in [0.1, 0.15) is 22.8 Å². The molecule has 2 aromatic heterocycles. The Morgan fingerprint density at radius 3 is 2.38 bits per heavy atom. The molecular weight excluding hydrogens is 400 g/mol. The lowest BCUT2D eigenvalue weighted by atomic mass is 10.2. The number of aromatic carboxylic acids is 1. The summed E-state index contributed by atoms with van der Waals surface area (Å²) in [5, 5.41) is 11.6. The standard InChI is InChI=1S/C19H18N2O7S/c1-12-17(19(23)24)9-15(28-12)10-20-18(22)13-4-6-16(7-5-13)29(25,26)21-11-14-3-2-8-27-14/h2-9,21H,10-11H2,1H3,(H,20,22)(H,23,24). The number of benzene rings is 1. The van der Waals surface area contributed by atoms with Crippen molar-refractivity contribution in [3.05, 3.63) is 77.1 Å². The van der Waals surface area contributed by atoms with E-state index in [1.54, 1.807) is 12.1 Å². The predicted octanol–water partition coefficient (Wildman–Crippen LogP) is 2.29. The number of carbonyl (C=O) groups excluding carboxylic acids is 1. The number of aryl methyl sites for hydroxylation is 1. The number of carbonyl (C=O) groups is 2. The molecule has 3 rings (SSSR count). The van der Waals surface area contributed by atoms with E-state index < -0.39 is 21.9 Å². The highest BCUT2D eigenvalue weighted by Crippen LogP contribution is 2.15. The number of hydrogen-bond acceptors (Lipinski definition) is 6. The van der Waals surface area contributed by atoms with Crippen LogP contribution >= 0.6 is 0 Å². The molecule has 10 heteroatoms. The minimum atomic E-state index is -3.76. The summed E-state index contributed by atoms with van der Waals surface area (Å²) < 4.78 is 37.4. The van der Waals surface area contributed by atoms with Crippen LogP contribution in [0.25, 0.3) is 0 Å². The lowest BCUT2D eigenvalue weighted by Gasteiger charge is -2.07. The van der Waals surface area contributed by atoms with E-state index in [0.29, 0.717) is 11.5 Å². The molecular formula is C19H18N2O7S. The summed E-state index contributed by atoms with van der Waals surface area (Å²) in [6, 6.07) is 10.1. The van der Waals surface area contributed by atoms with Crippen molar-refractivity contribution in [1.82, 2.24) is 10.0 Å². The van der Waals surface area contributed by atoms with Gasteiger partial charge in [-0.2, -0.15) is 0 Å². The zero-order chi connectivity index (χ0) is 21.0. The van der Waals surface area contributed by atoms with Crippen molar-refractivity contribution in [3.63, 3.8) is 0 Å². The first kappa shape index (κ1) is 20.4. The highest BCUT2D eigenvalue weighted by molar-refractivity contribution is 7.89. The maximum atomic E-state index is 12.3. The van der Waals surface area contributed by atoms with Crippen LogP contribution in [0.3, 0.4) is 0 Å². The molecule has 1 aromatic carbocycles. The minimum Gasteiger partial charge on any atom is -0.478 e. The summed E-state index contributed by atoms with van der Waals surface area (Å²) in [7, 11) is -3.76. The van der Waals surface area contributed by atoms with Crippen LogP contribution in [-0.2, 0) is 23.1 Å². The second-order valence-corrected chi connectivity index (χ2v) is 7.87. The molecule has 0 atom stereocenters. The van der Waals surface area contributed by atoms with Crippen LogP contribution in [0.2, 0.25) is 0 Å². The fraction of sp³-hybridized carbons (Fsp3) is 0.158. The zero-order valence-corrected chi connectivity index (χ0v) is 16.2. The van der Waals surface area contributed by atoms with Gasteiger partial charge in [0.15, 0.2) is 0 Å². The van der Waals surface area contributed by atoms with Gasteiger partial charge in [0, 0.05) is 5.56 Å². The summed E-state index contributed by atoms with van der Waals surface area (Å²) in [4.78, 5) is 23.3. The Morgan fingerprint density at radius 2 is 1.79 bits per heavy atom. The molecule has 0 aliphatic heterocycles. The molecule has 2 heterocycles. The van der Waals surface area contributed by atoms with Crippen molar-refractivity contribution in [2.45, 2.75) is 24.9 Å².